The van der Waals surface area contributed by atoms with E-state index in [4.69, 9.17) is 0 Å². The van der Waals surface area contributed by atoms with Crippen LogP contribution in [0.3, 0.4) is 0 Å². The maximum Gasteiger partial charge on any atom is 0.306 e. The van der Waals surface area contributed by atoms with E-state index in [0.717, 1.165) is 6.20 Å². The van der Waals surface area contributed by atoms with Gasteiger partial charge >= 0.3 is 5.69 Å². The van der Waals surface area contributed by atoms with Crippen LogP contribution in [0.25, 0.3) is 0 Å². The van der Waals surface area contributed by atoms with Crippen molar-refractivity contribution in [1.29, 1.82) is 0 Å². The van der Waals surface area contributed by atoms with Crippen molar-refractivity contribution in [2.24, 2.45) is 0 Å². The highest BCUT2D eigenvalue weighted by Crippen LogP contribution is 2.21. The summed E-state index contributed by atoms with van der Waals surface area (Å²) in [6.07, 6.45) is 2.47. The molecule has 2 N–H and O–H groups in total. The molecule has 8 heteroatoms. The SMILES string of the molecule is O=C(CCn1cc([N+](=O)[O-])cn1)Nc1ccccc1O. The number of hydrogen-bond donors (Lipinski definition) is 2. The molecule has 0 aliphatic rings. The first kappa shape index (κ1) is 13.5. The minimum absolute atomic E-state index is 0.0180. The number of carbonyl (C=O) groups excluding carboxylic acids is 1. The summed E-state index contributed by atoms with van der Waals surface area (Å²) in [6.45, 7) is 0.216. The molecule has 0 unspecified atom stereocenters. The van der Waals surface area contributed by atoms with Crippen molar-refractivity contribution in [2.45, 2.75) is 13.0 Å². The predicted molar refractivity (Wildman–Crippen MR) is 70.2 cm³/mol. The zero-order valence-electron chi connectivity index (χ0n) is 10.4. The number of nitrogens with zero attached hydrogens (tertiary/aromatic N) is 3. The smallest absolute Gasteiger partial charge is 0.306 e. The lowest BCUT2D eigenvalue weighted by Crippen LogP contribution is -2.14. The van der Waals surface area contributed by atoms with Crippen LogP contribution in [0.1, 0.15) is 6.42 Å². The lowest BCUT2D eigenvalue weighted by atomic mass is 10.3. The van der Waals surface area contributed by atoms with E-state index in [0.29, 0.717) is 5.69 Å². The molecule has 0 saturated heterocycles. The second-order valence-corrected chi connectivity index (χ2v) is 4.03. The number of nitrogens with one attached hydrogen (secondary N) is 1. The highest BCUT2D eigenvalue weighted by atomic mass is 16.6. The van der Waals surface area contributed by atoms with E-state index >= 15 is 0 Å². The van der Waals surface area contributed by atoms with Crippen molar-refractivity contribution >= 4 is 17.3 Å². The van der Waals surface area contributed by atoms with Gasteiger partial charge in [0.25, 0.3) is 0 Å². The summed E-state index contributed by atoms with van der Waals surface area (Å²) in [5, 5.41) is 26.3. The van der Waals surface area contributed by atoms with Gasteiger partial charge in [0.2, 0.25) is 5.91 Å². The molecule has 20 heavy (non-hydrogen) atoms. The topological polar surface area (TPSA) is 110 Å². The van der Waals surface area contributed by atoms with Gasteiger partial charge in [-0.15, -0.1) is 0 Å². The first-order valence-electron chi connectivity index (χ1n) is 5.81. The number of phenols is 1. The van der Waals surface area contributed by atoms with Crippen LogP contribution in [-0.4, -0.2) is 25.7 Å². The molecule has 0 aliphatic carbocycles. The Morgan fingerprint density at radius 1 is 1.45 bits per heavy atom. The number of aromatic nitrogens is 2. The Morgan fingerprint density at radius 2 is 2.20 bits per heavy atom. The van der Waals surface area contributed by atoms with Crippen molar-refractivity contribution < 1.29 is 14.8 Å². The molecule has 1 aromatic heterocycles. The Balaban J connectivity index is 1.89. The third-order valence-corrected chi connectivity index (χ3v) is 2.58. The number of aromatic hydroxyl groups is 1. The van der Waals surface area contributed by atoms with Crippen LogP contribution in [0, 0.1) is 10.1 Å². The summed E-state index contributed by atoms with van der Waals surface area (Å²) in [7, 11) is 0. The number of aryl methyl sites for hydroxylation is 1. The molecule has 0 atom stereocenters. The van der Waals surface area contributed by atoms with Gasteiger partial charge in [-0.25, -0.2) is 0 Å². The van der Waals surface area contributed by atoms with Crippen LogP contribution >= 0.6 is 0 Å². The van der Waals surface area contributed by atoms with Gasteiger partial charge in [-0.3, -0.25) is 19.6 Å². The molecule has 0 aliphatic heterocycles. The Kier molecular flexibility index (Phi) is 3.94. The van der Waals surface area contributed by atoms with Crippen LogP contribution < -0.4 is 5.32 Å². The molecular weight excluding hydrogens is 264 g/mol. The number of nitro groups is 1. The van der Waals surface area contributed by atoms with E-state index in [1.165, 1.54) is 16.9 Å². The first-order chi connectivity index (χ1) is 9.56. The molecule has 0 fully saturated rings. The normalized spacial score (nSPS) is 10.2. The molecule has 1 heterocycles. The lowest BCUT2D eigenvalue weighted by molar-refractivity contribution is -0.385. The summed E-state index contributed by atoms with van der Waals surface area (Å²) in [5.74, 6) is -0.333. The minimum atomic E-state index is -0.550. The monoisotopic (exact) mass is 276 g/mol. The molecule has 0 radical (unpaired) electrons. The number of para-hydroxylation sites is 2. The van der Waals surface area contributed by atoms with Crippen molar-refractivity contribution in [3.63, 3.8) is 0 Å². The number of amides is 1. The first-order valence-corrected chi connectivity index (χ1v) is 5.81. The largest absolute Gasteiger partial charge is 0.506 e. The van der Waals surface area contributed by atoms with E-state index < -0.39 is 4.92 Å². The van der Waals surface area contributed by atoms with Crippen LogP contribution in [0.5, 0.6) is 5.75 Å². The van der Waals surface area contributed by atoms with Gasteiger partial charge in [-0.05, 0) is 12.1 Å². The second kappa shape index (κ2) is 5.83. The predicted octanol–water partition coefficient (Wildman–Crippen LogP) is 1.53. The van der Waals surface area contributed by atoms with Gasteiger partial charge < -0.3 is 10.4 Å². The van der Waals surface area contributed by atoms with Crippen molar-refractivity contribution in [3.8, 4) is 5.75 Å². The molecule has 0 saturated carbocycles. The average molecular weight is 276 g/mol. The summed E-state index contributed by atoms with van der Waals surface area (Å²) in [6, 6.07) is 6.37. The Labute approximate surface area is 113 Å². The number of hydrogen-bond acceptors (Lipinski definition) is 5. The van der Waals surface area contributed by atoms with Crippen LogP contribution in [0.4, 0.5) is 11.4 Å². The Bertz CT molecular complexity index is 638. The van der Waals surface area contributed by atoms with E-state index in [1.807, 2.05) is 0 Å². The highest BCUT2D eigenvalue weighted by molar-refractivity contribution is 5.92. The zero-order chi connectivity index (χ0) is 14.5. The minimum Gasteiger partial charge on any atom is -0.506 e. The average Bonchev–Trinajstić information content (AvgIpc) is 2.88. The van der Waals surface area contributed by atoms with Gasteiger partial charge in [0, 0.05) is 13.0 Å². The Hall–Kier alpha value is -2.90. The quantitative estimate of drug-likeness (QED) is 0.488. The number of carbonyl (C=O) groups is 1. The maximum atomic E-state index is 11.7. The molecule has 2 rings (SSSR count). The van der Waals surface area contributed by atoms with Crippen molar-refractivity contribution in [1.82, 2.24) is 9.78 Å². The van der Waals surface area contributed by atoms with E-state index in [-0.39, 0.29) is 30.3 Å². The van der Waals surface area contributed by atoms with Gasteiger partial charge in [-0.2, -0.15) is 5.10 Å². The molecule has 8 nitrogen and oxygen atoms in total. The summed E-state index contributed by atoms with van der Waals surface area (Å²) in [5.41, 5.74) is 0.204. The fourth-order valence-corrected chi connectivity index (χ4v) is 1.58. The zero-order valence-corrected chi connectivity index (χ0v) is 10.4. The van der Waals surface area contributed by atoms with Crippen LogP contribution in [0.2, 0.25) is 0 Å². The number of benzene rings is 1. The van der Waals surface area contributed by atoms with E-state index in [9.17, 15) is 20.0 Å². The van der Waals surface area contributed by atoms with E-state index in [1.54, 1.807) is 18.2 Å². The molecule has 2 aromatic rings. The molecule has 0 spiro atoms. The molecule has 1 amide bonds. The van der Waals surface area contributed by atoms with Crippen molar-refractivity contribution in [3.05, 3.63) is 46.8 Å². The Morgan fingerprint density at radius 3 is 2.85 bits per heavy atom. The number of anilines is 1. The third-order valence-electron chi connectivity index (χ3n) is 2.58. The number of phenolic OH excluding ortho intramolecular Hbond substituents is 1. The summed E-state index contributed by atoms with van der Waals surface area (Å²) >= 11 is 0. The van der Waals surface area contributed by atoms with Gasteiger partial charge in [0.05, 0.1) is 10.6 Å². The van der Waals surface area contributed by atoms with Crippen LogP contribution in [0.15, 0.2) is 36.7 Å². The summed E-state index contributed by atoms with van der Waals surface area (Å²) in [4.78, 5) is 21.6. The fraction of sp³-hybridized carbons (Fsp3) is 0.167. The van der Waals surface area contributed by atoms with Gasteiger partial charge in [0.15, 0.2) is 0 Å². The molecule has 1 aromatic carbocycles. The number of rotatable bonds is 5. The third kappa shape index (κ3) is 3.31. The van der Waals surface area contributed by atoms with Gasteiger partial charge in [-0.1, -0.05) is 12.1 Å². The molecular formula is C12H12N4O4. The van der Waals surface area contributed by atoms with E-state index in [2.05, 4.69) is 10.4 Å². The van der Waals surface area contributed by atoms with Gasteiger partial charge in [0.1, 0.15) is 18.1 Å². The van der Waals surface area contributed by atoms with Crippen molar-refractivity contribution in [2.75, 3.05) is 5.32 Å². The molecule has 0 bridgehead atoms. The van der Waals surface area contributed by atoms with Crippen LogP contribution in [-0.2, 0) is 11.3 Å². The lowest BCUT2D eigenvalue weighted by Gasteiger charge is -2.06. The second-order valence-electron chi connectivity index (χ2n) is 4.03. The highest BCUT2D eigenvalue weighted by Gasteiger charge is 2.10. The maximum absolute atomic E-state index is 11.7. The molecule has 104 valence electrons. The summed E-state index contributed by atoms with van der Waals surface area (Å²) < 4.78 is 1.32. The standard InChI is InChI=1S/C12H12N4O4/c17-11-4-2-1-3-10(11)14-12(18)5-6-15-8-9(7-13-15)16(19)20/h1-4,7-8,17H,5-6H2,(H,14,18). The fourth-order valence-electron chi connectivity index (χ4n) is 1.58.